The molecular weight excluding hydrogens is 480 g/mol. The van der Waals surface area contributed by atoms with E-state index in [1.165, 1.54) is 16.3 Å². The fourth-order valence-corrected chi connectivity index (χ4v) is 4.46. The Morgan fingerprint density at radius 1 is 1.03 bits per heavy atom. The van der Waals surface area contributed by atoms with Crippen LogP contribution in [0.4, 0.5) is 11.5 Å². The molecule has 2 aromatic rings. The first kappa shape index (κ1) is 29.2. The molecule has 198 valence electrons. The Morgan fingerprint density at radius 3 is 2.14 bits per heavy atom. The van der Waals surface area contributed by atoms with E-state index in [0.29, 0.717) is 25.8 Å². The quantitative estimate of drug-likeness (QED) is 0.340. The minimum absolute atomic E-state index is 0.0312. The molecule has 0 spiro atoms. The summed E-state index contributed by atoms with van der Waals surface area (Å²) in [5.41, 5.74) is 5.29. The smallest absolute Gasteiger partial charge is 0.332 e. The lowest BCUT2D eigenvalue weighted by atomic mass is 9.95. The average Bonchev–Trinajstić information content (AvgIpc) is 2.81. The van der Waals surface area contributed by atoms with Crippen molar-refractivity contribution < 1.29 is 14.3 Å². The number of amides is 1. The van der Waals surface area contributed by atoms with Gasteiger partial charge in [-0.3, -0.25) is 23.5 Å². The van der Waals surface area contributed by atoms with Crippen molar-refractivity contribution in [2.24, 2.45) is 0 Å². The van der Waals surface area contributed by atoms with Crippen LogP contribution in [0, 0.1) is 0 Å². The predicted octanol–water partition coefficient (Wildman–Crippen LogP) is 3.98. The Bertz CT molecular complexity index is 1180. The summed E-state index contributed by atoms with van der Waals surface area (Å²) in [5, 5.41) is 2.71. The molecular formula is C26H38N4O5S. The lowest BCUT2D eigenvalue weighted by Crippen LogP contribution is -2.43. The molecule has 0 radical (unpaired) electrons. The third-order valence-electron chi connectivity index (χ3n) is 5.39. The molecule has 1 amide bonds. The number of aromatic nitrogens is 2. The van der Waals surface area contributed by atoms with Crippen LogP contribution in [0.3, 0.4) is 0 Å². The molecule has 36 heavy (non-hydrogen) atoms. The molecule has 0 aliphatic rings. The third kappa shape index (κ3) is 7.49. The van der Waals surface area contributed by atoms with Crippen molar-refractivity contribution in [3.8, 4) is 0 Å². The van der Waals surface area contributed by atoms with E-state index < -0.39 is 22.8 Å². The number of hydrogen-bond acceptors (Lipinski definition) is 7. The van der Waals surface area contributed by atoms with Gasteiger partial charge in [-0.05, 0) is 57.7 Å². The molecule has 0 aliphatic heterocycles. The van der Waals surface area contributed by atoms with Crippen LogP contribution in [0.5, 0.6) is 0 Å². The zero-order valence-electron chi connectivity index (χ0n) is 22.1. The minimum atomic E-state index is -0.594. The SMILES string of the molecule is CCCn1c(N)c(NC(=O)[C@@H](CC)c2ccc(SCC(=O)OC(C)(C)C)cc2)c(=O)n(CCC)c1=O. The first-order valence-electron chi connectivity index (χ1n) is 12.3. The topological polar surface area (TPSA) is 125 Å². The van der Waals surface area contributed by atoms with Gasteiger partial charge >= 0.3 is 11.7 Å². The average molecular weight is 519 g/mol. The second-order valence-electron chi connectivity index (χ2n) is 9.55. The van der Waals surface area contributed by atoms with Gasteiger partial charge in [0.15, 0.2) is 0 Å². The fraction of sp³-hybridized carbons (Fsp3) is 0.538. The van der Waals surface area contributed by atoms with Crippen LogP contribution in [0.25, 0.3) is 0 Å². The first-order valence-corrected chi connectivity index (χ1v) is 13.3. The van der Waals surface area contributed by atoms with Crippen molar-refractivity contribution in [3.05, 3.63) is 50.7 Å². The predicted molar refractivity (Wildman–Crippen MR) is 145 cm³/mol. The Balaban J connectivity index is 2.24. The number of carbonyl (C=O) groups excluding carboxylic acids is 2. The summed E-state index contributed by atoms with van der Waals surface area (Å²) in [7, 11) is 0. The number of hydrogen-bond donors (Lipinski definition) is 2. The Labute approximate surface area is 216 Å². The van der Waals surface area contributed by atoms with E-state index in [4.69, 9.17) is 10.5 Å². The number of thioether (sulfide) groups is 1. The maximum absolute atomic E-state index is 13.2. The summed E-state index contributed by atoms with van der Waals surface area (Å²) in [6.07, 6.45) is 1.74. The van der Waals surface area contributed by atoms with Gasteiger partial charge in [-0.2, -0.15) is 0 Å². The molecule has 10 heteroatoms. The zero-order valence-corrected chi connectivity index (χ0v) is 22.9. The largest absolute Gasteiger partial charge is 0.459 e. The number of carbonyl (C=O) groups is 2. The van der Waals surface area contributed by atoms with E-state index in [0.717, 1.165) is 15.0 Å². The summed E-state index contributed by atoms with van der Waals surface area (Å²) >= 11 is 1.36. The molecule has 9 nitrogen and oxygen atoms in total. The highest BCUT2D eigenvalue weighted by atomic mass is 32.2. The number of esters is 1. The molecule has 1 heterocycles. The van der Waals surface area contributed by atoms with Crippen molar-refractivity contribution in [2.75, 3.05) is 16.8 Å². The molecule has 2 rings (SSSR count). The van der Waals surface area contributed by atoms with Crippen LogP contribution >= 0.6 is 11.8 Å². The molecule has 0 saturated heterocycles. The Morgan fingerprint density at radius 2 is 1.61 bits per heavy atom. The highest BCUT2D eigenvalue weighted by molar-refractivity contribution is 8.00. The number of nitrogen functional groups attached to an aromatic ring is 1. The van der Waals surface area contributed by atoms with Crippen LogP contribution in [0.15, 0.2) is 38.8 Å². The van der Waals surface area contributed by atoms with Crippen LogP contribution < -0.4 is 22.3 Å². The molecule has 1 aromatic carbocycles. The van der Waals surface area contributed by atoms with Crippen molar-refractivity contribution in [2.45, 2.75) is 90.3 Å². The number of nitrogens with zero attached hydrogens (tertiary/aromatic N) is 2. The van der Waals surface area contributed by atoms with E-state index in [1.807, 2.05) is 65.8 Å². The van der Waals surface area contributed by atoms with E-state index >= 15 is 0 Å². The fourth-order valence-electron chi connectivity index (χ4n) is 3.79. The number of nitrogens with two attached hydrogens (primary N) is 1. The summed E-state index contributed by atoms with van der Waals surface area (Å²) < 4.78 is 7.79. The molecule has 1 atom stereocenters. The number of benzene rings is 1. The minimum Gasteiger partial charge on any atom is -0.459 e. The van der Waals surface area contributed by atoms with Crippen molar-refractivity contribution in [1.29, 1.82) is 0 Å². The number of nitrogens with one attached hydrogen (secondary N) is 1. The van der Waals surface area contributed by atoms with Crippen LogP contribution in [0.2, 0.25) is 0 Å². The summed E-state index contributed by atoms with van der Waals surface area (Å²) in [4.78, 5) is 51.8. The van der Waals surface area contributed by atoms with E-state index in [1.54, 1.807) is 0 Å². The normalized spacial score (nSPS) is 12.3. The van der Waals surface area contributed by atoms with Gasteiger partial charge in [0.25, 0.3) is 5.56 Å². The molecule has 3 N–H and O–H groups in total. The third-order valence-corrected chi connectivity index (χ3v) is 6.38. The molecule has 0 saturated carbocycles. The first-order chi connectivity index (χ1) is 16.9. The van der Waals surface area contributed by atoms with Crippen LogP contribution in [-0.4, -0.2) is 32.4 Å². The Hall–Kier alpha value is -3.01. The van der Waals surface area contributed by atoms with Gasteiger partial charge in [-0.25, -0.2) is 4.79 Å². The lowest BCUT2D eigenvalue weighted by Gasteiger charge is -2.20. The van der Waals surface area contributed by atoms with Gasteiger partial charge in [-0.1, -0.05) is 32.9 Å². The van der Waals surface area contributed by atoms with Gasteiger partial charge < -0.3 is 15.8 Å². The highest BCUT2D eigenvalue weighted by Gasteiger charge is 2.24. The Kier molecular flexibility index (Phi) is 10.4. The van der Waals surface area contributed by atoms with Crippen molar-refractivity contribution >= 4 is 35.1 Å². The zero-order chi connectivity index (χ0) is 27.0. The maximum Gasteiger partial charge on any atom is 0.332 e. The summed E-state index contributed by atoms with van der Waals surface area (Å²) in [5.74, 6) is -1.04. The number of anilines is 2. The second kappa shape index (κ2) is 12.8. The molecule has 0 bridgehead atoms. The standard InChI is InChI=1S/C26H38N4O5S/c1-7-14-29-22(27)21(24(33)30(15-8-2)25(29)34)28-23(32)19(9-3)17-10-12-18(13-11-17)36-16-20(31)35-26(4,5)6/h10-13,19H,7-9,14-16,27H2,1-6H3,(H,28,32)/t19-/m0/s1. The van der Waals surface area contributed by atoms with E-state index in [-0.39, 0.29) is 35.7 Å². The van der Waals surface area contributed by atoms with Gasteiger partial charge in [0.05, 0.1) is 11.7 Å². The summed E-state index contributed by atoms with van der Waals surface area (Å²) in [6.45, 7) is 11.7. The monoisotopic (exact) mass is 518 g/mol. The van der Waals surface area contributed by atoms with Crippen molar-refractivity contribution in [3.63, 3.8) is 0 Å². The van der Waals surface area contributed by atoms with E-state index in [9.17, 15) is 19.2 Å². The molecule has 1 aromatic heterocycles. The van der Waals surface area contributed by atoms with Gasteiger partial charge in [0.1, 0.15) is 17.1 Å². The lowest BCUT2D eigenvalue weighted by molar-refractivity contribution is -0.151. The molecule has 0 aliphatic carbocycles. The van der Waals surface area contributed by atoms with Gasteiger partial charge in [0, 0.05) is 18.0 Å². The molecule has 0 fully saturated rings. The van der Waals surface area contributed by atoms with Gasteiger partial charge in [-0.15, -0.1) is 11.8 Å². The van der Waals surface area contributed by atoms with Crippen molar-refractivity contribution in [1.82, 2.24) is 9.13 Å². The number of rotatable bonds is 11. The molecule has 0 unspecified atom stereocenters. The van der Waals surface area contributed by atoms with E-state index in [2.05, 4.69) is 5.32 Å². The van der Waals surface area contributed by atoms with Gasteiger partial charge in [0.2, 0.25) is 5.91 Å². The van der Waals surface area contributed by atoms with Crippen LogP contribution in [0.1, 0.15) is 72.3 Å². The maximum atomic E-state index is 13.2. The van der Waals surface area contributed by atoms with Crippen LogP contribution in [-0.2, 0) is 27.4 Å². The second-order valence-corrected chi connectivity index (χ2v) is 10.6. The number of ether oxygens (including phenoxy) is 1. The highest BCUT2D eigenvalue weighted by Crippen LogP contribution is 2.26. The summed E-state index contributed by atoms with van der Waals surface area (Å²) in [6, 6.07) is 7.37.